The van der Waals surface area contributed by atoms with Crippen LogP contribution in [0, 0.1) is 0 Å². The molecule has 0 aliphatic rings. The molecule has 6 heteroatoms. The molecule has 1 N–H and O–H groups in total. The van der Waals surface area contributed by atoms with Crippen molar-refractivity contribution in [3.8, 4) is 5.75 Å². The summed E-state index contributed by atoms with van der Waals surface area (Å²) in [5, 5.41) is 6.91. The SMILES string of the molecule is COc1ccc(NC(=O)c2ccc(=O)n(Cc3ccccc3)n2)cc1. The molecule has 0 aliphatic carbocycles. The van der Waals surface area contributed by atoms with Gasteiger partial charge in [0.2, 0.25) is 0 Å². The number of hydrogen-bond donors (Lipinski definition) is 1. The fraction of sp³-hybridized carbons (Fsp3) is 0.105. The third kappa shape index (κ3) is 4.11. The molecule has 0 bridgehead atoms. The molecule has 0 saturated heterocycles. The summed E-state index contributed by atoms with van der Waals surface area (Å²) in [6, 6.07) is 19.2. The van der Waals surface area contributed by atoms with Gasteiger partial charge in [0.15, 0.2) is 0 Å². The summed E-state index contributed by atoms with van der Waals surface area (Å²) < 4.78 is 6.36. The third-order valence-electron chi connectivity index (χ3n) is 3.62. The molecule has 1 amide bonds. The zero-order valence-corrected chi connectivity index (χ0v) is 13.7. The molecule has 25 heavy (non-hydrogen) atoms. The lowest BCUT2D eigenvalue weighted by molar-refractivity contribution is 0.102. The number of aromatic nitrogens is 2. The smallest absolute Gasteiger partial charge is 0.276 e. The Bertz CT molecular complexity index is 919. The molecule has 0 spiro atoms. The average molecular weight is 335 g/mol. The first-order valence-electron chi connectivity index (χ1n) is 7.73. The second-order valence-electron chi connectivity index (χ2n) is 5.38. The van der Waals surface area contributed by atoms with Gasteiger partial charge in [0.1, 0.15) is 11.4 Å². The maximum absolute atomic E-state index is 12.4. The van der Waals surface area contributed by atoms with Crippen LogP contribution in [0.5, 0.6) is 5.75 Å². The van der Waals surface area contributed by atoms with Crippen molar-refractivity contribution in [2.75, 3.05) is 12.4 Å². The summed E-state index contributed by atoms with van der Waals surface area (Å²) in [7, 11) is 1.58. The predicted octanol–water partition coefficient (Wildman–Crippen LogP) is 2.55. The molecule has 1 heterocycles. The minimum Gasteiger partial charge on any atom is -0.497 e. The molecule has 0 atom stereocenters. The van der Waals surface area contributed by atoms with Gasteiger partial charge in [-0.1, -0.05) is 30.3 Å². The highest BCUT2D eigenvalue weighted by atomic mass is 16.5. The highest BCUT2D eigenvalue weighted by molar-refractivity contribution is 6.02. The van der Waals surface area contributed by atoms with Crippen LogP contribution in [0.25, 0.3) is 0 Å². The number of hydrogen-bond acceptors (Lipinski definition) is 4. The second-order valence-corrected chi connectivity index (χ2v) is 5.38. The van der Waals surface area contributed by atoms with Crippen molar-refractivity contribution in [2.45, 2.75) is 6.54 Å². The van der Waals surface area contributed by atoms with Crippen LogP contribution in [0.1, 0.15) is 16.1 Å². The zero-order chi connectivity index (χ0) is 17.6. The van der Waals surface area contributed by atoms with E-state index in [1.54, 1.807) is 31.4 Å². The molecule has 126 valence electrons. The molecule has 3 rings (SSSR count). The number of anilines is 1. The first kappa shape index (κ1) is 16.4. The largest absolute Gasteiger partial charge is 0.497 e. The van der Waals surface area contributed by atoms with Gasteiger partial charge in [-0.25, -0.2) is 4.68 Å². The van der Waals surface area contributed by atoms with E-state index in [9.17, 15) is 9.59 Å². The normalized spacial score (nSPS) is 10.3. The van der Waals surface area contributed by atoms with Crippen molar-refractivity contribution >= 4 is 11.6 Å². The Morgan fingerprint density at radius 1 is 1.04 bits per heavy atom. The summed E-state index contributed by atoms with van der Waals surface area (Å²) in [6.07, 6.45) is 0. The number of ether oxygens (including phenoxy) is 1. The first-order chi connectivity index (χ1) is 12.2. The maximum Gasteiger partial charge on any atom is 0.276 e. The fourth-order valence-corrected chi connectivity index (χ4v) is 2.31. The van der Waals surface area contributed by atoms with Crippen LogP contribution < -0.4 is 15.6 Å². The van der Waals surface area contributed by atoms with E-state index < -0.39 is 0 Å². The summed E-state index contributed by atoms with van der Waals surface area (Å²) >= 11 is 0. The highest BCUT2D eigenvalue weighted by Gasteiger charge is 2.10. The quantitative estimate of drug-likeness (QED) is 0.778. The lowest BCUT2D eigenvalue weighted by atomic mass is 10.2. The minimum absolute atomic E-state index is 0.173. The van der Waals surface area contributed by atoms with E-state index in [4.69, 9.17) is 4.74 Å². The van der Waals surface area contributed by atoms with Gasteiger partial charge < -0.3 is 10.1 Å². The first-order valence-corrected chi connectivity index (χ1v) is 7.73. The van der Waals surface area contributed by atoms with Gasteiger partial charge in [0, 0.05) is 11.8 Å². The summed E-state index contributed by atoms with van der Waals surface area (Å²) in [6.45, 7) is 0.309. The highest BCUT2D eigenvalue weighted by Crippen LogP contribution is 2.15. The van der Waals surface area contributed by atoms with Crippen LogP contribution >= 0.6 is 0 Å². The molecule has 6 nitrogen and oxygen atoms in total. The molecule has 0 fully saturated rings. The van der Waals surface area contributed by atoms with Crippen LogP contribution in [-0.2, 0) is 6.54 Å². The van der Waals surface area contributed by atoms with Gasteiger partial charge >= 0.3 is 0 Å². The van der Waals surface area contributed by atoms with E-state index in [1.807, 2.05) is 30.3 Å². The number of nitrogens with one attached hydrogen (secondary N) is 1. The van der Waals surface area contributed by atoms with Gasteiger partial charge in [-0.2, -0.15) is 5.10 Å². The maximum atomic E-state index is 12.4. The van der Waals surface area contributed by atoms with Crippen LogP contribution in [0.15, 0.2) is 71.5 Å². The number of rotatable bonds is 5. The van der Waals surface area contributed by atoms with Crippen molar-refractivity contribution in [3.63, 3.8) is 0 Å². The summed E-state index contributed by atoms with van der Waals surface area (Å²) in [5.41, 5.74) is 1.47. The minimum atomic E-state index is -0.382. The lowest BCUT2D eigenvalue weighted by Crippen LogP contribution is -2.26. The standard InChI is InChI=1S/C19H17N3O3/c1-25-16-9-7-15(8-10-16)20-19(24)17-11-12-18(23)22(21-17)13-14-5-3-2-4-6-14/h2-12H,13H2,1H3,(H,20,24). The van der Waals surface area contributed by atoms with Gasteiger partial charge in [0.05, 0.1) is 13.7 Å². The Hall–Kier alpha value is -3.41. The van der Waals surface area contributed by atoms with Gasteiger partial charge in [-0.15, -0.1) is 0 Å². The average Bonchev–Trinajstić information content (AvgIpc) is 2.65. The van der Waals surface area contributed by atoms with Crippen LogP contribution in [0.4, 0.5) is 5.69 Å². The molecular formula is C19H17N3O3. The van der Waals surface area contributed by atoms with E-state index in [0.717, 1.165) is 5.56 Å². The Labute approximate surface area is 144 Å². The van der Waals surface area contributed by atoms with E-state index >= 15 is 0 Å². The number of carbonyl (C=O) groups is 1. The Balaban J connectivity index is 1.78. The second kappa shape index (κ2) is 7.44. The molecule has 0 saturated carbocycles. The zero-order valence-electron chi connectivity index (χ0n) is 13.7. The monoisotopic (exact) mass is 335 g/mol. The van der Waals surface area contributed by atoms with Crippen LogP contribution in [-0.4, -0.2) is 22.8 Å². The lowest BCUT2D eigenvalue weighted by Gasteiger charge is -2.08. The Morgan fingerprint density at radius 3 is 2.44 bits per heavy atom. The molecule has 3 aromatic rings. The molecule has 1 aromatic heterocycles. The number of benzene rings is 2. The van der Waals surface area contributed by atoms with Crippen molar-refractivity contribution in [1.82, 2.24) is 9.78 Å². The fourth-order valence-electron chi connectivity index (χ4n) is 2.31. The molecular weight excluding hydrogens is 318 g/mol. The summed E-state index contributed by atoms with van der Waals surface area (Å²) in [4.78, 5) is 24.3. The van der Waals surface area contributed by atoms with Gasteiger partial charge in [0.25, 0.3) is 11.5 Å². The Kier molecular flexibility index (Phi) is 4.89. The topological polar surface area (TPSA) is 73.2 Å². The molecule has 0 radical (unpaired) electrons. The van der Waals surface area contributed by atoms with Crippen LogP contribution in [0.3, 0.4) is 0 Å². The summed E-state index contributed by atoms with van der Waals surface area (Å²) in [5.74, 6) is 0.319. The van der Waals surface area contributed by atoms with Crippen molar-refractivity contribution in [1.29, 1.82) is 0 Å². The molecule has 2 aromatic carbocycles. The van der Waals surface area contributed by atoms with Gasteiger partial charge in [-0.05, 0) is 35.9 Å². The van der Waals surface area contributed by atoms with E-state index in [0.29, 0.717) is 18.0 Å². The van der Waals surface area contributed by atoms with E-state index in [2.05, 4.69) is 10.4 Å². The van der Waals surface area contributed by atoms with E-state index in [1.165, 1.54) is 16.8 Å². The Morgan fingerprint density at radius 2 is 1.76 bits per heavy atom. The predicted molar refractivity (Wildman–Crippen MR) is 95.0 cm³/mol. The van der Waals surface area contributed by atoms with Crippen molar-refractivity contribution in [3.05, 3.63) is 88.3 Å². The van der Waals surface area contributed by atoms with E-state index in [-0.39, 0.29) is 17.2 Å². The van der Waals surface area contributed by atoms with Crippen molar-refractivity contribution < 1.29 is 9.53 Å². The number of methoxy groups -OCH3 is 1. The number of carbonyl (C=O) groups excluding carboxylic acids is 1. The number of amides is 1. The molecule has 0 aliphatic heterocycles. The van der Waals surface area contributed by atoms with Gasteiger partial charge in [-0.3, -0.25) is 9.59 Å². The third-order valence-corrected chi connectivity index (χ3v) is 3.62. The number of nitrogens with zero attached hydrogens (tertiary/aromatic N) is 2. The van der Waals surface area contributed by atoms with Crippen molar-refractivity contribution in [2.24, 2.45) is 0 Å². The van der Waals surface area contributed by atoms with Crippen LogP contribution in [0.2, 0.25) is 0 Å². The molecule has 0 unspecified atom stereocenters.